The molecule has 124 valence electrons. The Morgan fingerprint density at radius 1 is 1.41 bits per heavy atom. The number of hydrogen-bond donors (Lipinski definition) is 1. The lowest BCUT2D eigenvalue weighted by atomic mass is 9.77. The summed E-state index contributed by atoms with van der Waals surface area (Å²) in [6, 6.07) is 6.41. The van der Waals surface area contributed by atoms with Crippen molar-refractivity contribution in [1.29, 1.82) is 0 Å². The third-order valence-corrected chi connectivity index (χ3v) is 4.68. The zero-order chi connectivity index (χ0) is 15.8. The van der Waals surface area contributed by atoms with E-state index in [1.165, 1.54) is 12.1 Å². The largest absolute Gasteiger partial charge is 0.341 e. The van der Waals surface area contributed by atoms with Gasteiger partial charge in [-0.25, -0.2) is 4.39 Å². The van der Waals surface area contributed by atoms with E-state index in [1.54, 1.807) is 6.07 Å². The van der Waals surface area contributed by atoms with Gasteiger partial charge in [-0.05, 0) is 43.4 Å². The summed E-state index contributed by atoms with van der Waals surface area (Å²) in [7, 11) is 0. The molecule has 22 heavy (non-hydrogen) atoms. The molecule has 1 heterocycles. The van der Waals surface area contributed by atoms with Crippen LogP contribution < -0.4 is 5.73 Å². The summed E-state index contributed by atoms with van der Waals surface area (Å²) in [4.78, 5) is 14.8. The molecule has 1 aliphatic rings. The number of nitrogens with zero attached hydrogens (tertiary/aromatic N) is 1. The zero-order valence-corrected chi connectivity index (χ0v) is 14.5. The minimum Gasteiger partial charge on any atom is -0.341 e. The highest BCUT2D eigenvalue weighted by molar-refractivity contribution is 5.87. The molecule has 0 aromatic heterocycles. The number of piperidine rings is 1. The predicted octanol–water partition coefficient (Wildman–Crippen LogP) is 3.11. The quantitative estimate of drug-likeness (QED) is 0.906. The maximum atomic E-state index is 13.4. The Labute approximate surface area is 138 Å². The SMILES string of the molecule is CC(C)(C(=O)N1CCC(N)C(C)(C)C1)c1cccc(F)c1.Cl. The summed E-state index contributed by atoms with van der Waals surface area (Å²) in [6.45, 7) is 9.20. The van der Waals surface area contributed by atoms with E-state index in [1.807, 2.05) is 24.8 Å². The van der Waals surface area contributed by atoms with Gasteiger partial charge in [-0.15, -0.1) is 12.4 Å². The van der Waals surface area contributed by atoms with E-state index in [-0.39, 0.29) is 35.6 Å². The Morgan fingerprint density at radius 3 is 2.59 bits per heavy atom. The fraction of sp³-hybridized carbons (Fsp3) is 0.588. The first kappa shape index (κ1) is 18.9. The number of carbonyl (C=O) groups excluding carboxylic acids is 1. The number of nitrogens with two attached hydrogens (primary N) is 1. The summed E-state index contributed by atoms with van der Waals surface area (Å²) in [6.07, 6.45) is 0.804. The molecule has 1 aliphatic heterocycles. The van der Waals surface area contributed by atoms with Crippen LogP contribution in [0, 0.1) is 11.2 Å². The zero-order valence-electron chi connectivity index (χ0n) is 13.7. The molecule has 1 amide bonds. The van der Waals surface area contributed by atoms with Crippen molar-refractivity contribution in [3.63, 3.8) is 0 Å². The minimum atomic E-state index is -0.736. The van der Waals surface area contributed by atoms with E-state index in [2.05, 4.69) is 13.8 Å². The molecule has 0 radical (unpaired) electrons. The number of amides is 1. The molecule has 0 bridgehead atoms. The summed E-state index contributed by atoms with van der Waals surface area (Å²) < 4.78 is 13.4. The standard InChI is InChI=1S/C17H25FN2O.ClH/c1-16(2)11-20(9-8-14(16)19)15(21)17(3,4)12-6-5-7-13(18)10-12;/h5-7,10,14H,8-9,11,19H2,1-4H3;1H. The van der Waals surface area contributed by atoms with Crippen LogP contribution in [0.15, 0.2) is 24.3 Å². The van der Waals surface area contributed by atoms with Gasteiger partial charge in [0.1, 0.15) is 5.82 Å². The van der Waals surface area contributed by atoms with Crippen molar-refractivity contribution in [1.82, 2.24) is 4.90 Å². The van der Waals surface area contributed by atoms with Crippen molar-refractivity contribution < 1.29 is 9.18 Å². The van der Waals surface area contributed by atoms with E-state index < -0.39 is 5.41 Å². The average molecular weight is 329 g/mol. The number of likely N-dealkylation sites (tertiary alicyclic amines) is 1. The fourth-order valence-corrected chi connectivity index (χ4v) is 2.94. The van der Waals surface area contributed by atoms with E-state index in [0.29, 0.717) is 18.7 Å². The van der Waals surface area contributed by atoms with Crippen LogP contribution in [0.2, 0.25) is 0 Å². The molecule has 0 saturated carbocycles. The maximum absolute atomic E-state index is 13.4. The van der Waals surface area contributed by atoms with Crippen LogP contribution in [0.25, 0.3) is 0 Å². The Morgan fingerprint density at radius 2 is 2.05 bits per heavy atom. The molecule has 1 aromatic rings. The molecule has 0 spiro atoms. The second-order valence-corrected chi connectivity index (χ2v) is 7.25. The van der Waals surface area contributed by atoms with Crippen LogP contribution in [0.5, 0.6) is 0 Å². The molecule has 1 fully saturated rings. The van der Waals surface area contributed by atoms with Crippen LogP contribution in [0.1, 0.15) is 39.7 Å². The van der Waals surface area contributed by atoms with Gasteiger partial charge in [0.15, 0.2) is 0 Å². The van der Waals surface area contributed by atoms with Crippen molar-refractivity contribution in [2.24, 2.45) is 11.1 Å². The number of benzene rings is 1. The van der Waals surface area contributed by atoms with Crippen molar-refractivity contribution in [3.05, 3.63) is 35.6 Å². The van der Waals surface area contributed by atoms with Gasteiger partial charge in [-0.2, -0.15) is 0 Å². The molecule has 1 aromatic carbocycles. The van der Waals surface area contributed by atoms with Crippen LogP contribution >= 0.6 is 12.4 Å². The highest BCUT2D eigenvalue weighted by Crippen LogP contribution is 2.32. The molecule has 5 heteroatoms. The first-order valence-corrected chi connectivity index (χ1v) is 7.45. The minimum absolute atomic E-state index is 0. The monoisotopic (exact) mass is 328 g/mol. The molecular formula is C17H26ClFN2O. The molecule has 1 unspecified atom stereocenters. The molecule has 2 N–H and O–H groups in total. The number of hydrogen-bond acceptors (Lipinski definition) is 2. The van der Waals surface area contributed by atoms with Gasteiger partial charge in [0.25, 0.3) is 0 Å². The van der Waals surface area contributed by atoms with Crippen molar-refractivity contribution in [3.8, 4) is 0 Å². The number of carbonyl (C=O) groups is 1. The average Bonchev–Trinajstić information content (AvgIpc) is 2.41. The normalized spacial score (nSPS) is 21.2. The molecule has 1 saturated heterocycles. The molecule has 2 rings (SSSR count). The first-order chi connectivity index (χ1) is 9.64. The van der Waals surface area contributed by atoms with Gasteiger partial charge in [-0.1, -0.05) is 26.0 Å². The van der Waals surface area contributed by atoms with Crippen LogP contribution in [0.3, 0.4) is 0 Å². The highest BCUT2D eigenvalue weighted by atomic mass is 35.5. The van der Waals surface area contributed by atoms with Gasteiger partial charge in [0.05, 0.1) is 5.41 Å². The van der Waals surface area contributed by atoms with Crippen molar-refractivity contribution in [2.75, 3.05) is 13.1 Å². The fourth-order valence-electron chi connectivity index (χ4n) is 2.94. The summed E-state index contributed by atoms with van der Waals surface area (Å²) in [5.41, 5.74) is 6.01. The third-order valence-electron chi connectivity index (χ3n) is 4.68. The lowest BCUT2D eigenvalue weighted by molar-refractivity contribution is -0.139. The van der Waals surface area contributed by atoms with Crippen molar-refractivity contribution >= 4 is 18.3 Å². The van der Waals surface area contributed by atoms with Gasteiger partial charge >= 0.3 is 0 Å². The van der Waals surface area contributed by atoms with Crippen molar-refractivity contribution in [2.45, 2.75) is 45.6 Å². The first-order valence-electron chi connectivity index (χ1n) is 7.45. The van der Waals surface area contributed by atoms with Gasteiger partial charge in [0, 0.05) is 19.1 Å². The maximum Gasteiger partial charge on any atom is 0.232 e. The Bertz CT molecular complexity index is 545. The second-order valence-electron chi connectivity index (χ2n) is 7.25. The van der Waals surface area contributed by atoms with E-state index in [4.69, 9.17) is 5.73 Å². The predicted molar refractivity (Wildman–Crippen MR) is 89.6 cm³/mol. The number of halogens is 2. The summed E-state index contributed by atoms with van der Waals surface area (Å²) in [5, 5.41) is 0. The molecule has 3 nitrogen and oxygen atoms in total. The van der Waals surface area contributed by atoms with Crippen LogP contribution in [-0.4, -0.2) is 29.9 Å². The Kier molecular flexibility index (Phi) is 5.63. The van der Waals surface area contributed by atoms with Crippen LogP contribution in [-0.2, 0) is 10.2 Å². The highest BCUT2D eigenvalue weighted by Gasteiger charge is 2.40. The molecule has 0 aliphatic carbocycles. The Hall–Kier alpha value is -1.13. The van der Waals surface area contributed by atoms with Gasteiger partial charge in [-0.3, -0.25) is 4.79 Å². The summed E-state index contributed by atoms with van der Waals surface area (Å²) >= 11 is 0. The number of rotatable bonds is 2. The van der Waals surface area contributed by atoms with E-state index in [9.17, 15) is 9.18 Å². The molecular weight excluding hydrogens is 303 g/mol. The van der Waals surface area contributed by atoms with Crippen LogP contribution in [0.4, 0.5) is 4.39 Å². The Balaban J connectivity index is 0.00000242. The summed E-state index contributed by atoms with van der Waals surface area (Å²) in [5.74, 6) is -0.276. The van der Waals surface area contributed by atoms with Gasteiger partial charge < -0.3 is 10.6 Å². The third kappa shape index (κ3) is 3.61. The topological polar surface area (TPSA) is 46.3 Å². The lowest BCUT2D eigenvalue weighted by Gasteiger charge is -2.45. The lowest BCUT2D eigenvalue weighted by Crippen LogP contribution is -2.56. The smallest absolute Gasteiger partial charge is 0.232 e. The van der Waals surface area contributed by atoms with E-state index in [0.717, 1.165) is 6.42 Å². The molecule has 1 atom stereocenters. The van der Waals surface area contributed by atoms with Gasteiger partial charge in [0.2, 0.25) is 5.91 Å². The van der Waals surface area contributed by atoms with E-state index >= 15 is 0 Å². The second kappa shape index (κ2) is 6.55.